The number of aromatic hydroxyl groups is 1. The number of aryl methyl sites for hydroxylation is 1. The summed E-state index contributed by atoms with van der Waals surface area (Å²) in [5.41, 5.74) is 2.30. The number of halogens is 1. The minimum absolute atomic E-state index is 0.0636. The van der Waals surface area contributed by atoms with Crippen LogP contribution in [-0.4, -0.2) is 16.3 Å². The fourth-order valence-corrected chi connectivity index (χ4v) is 5.55. The van der Waals surface area contributed by atoms with E-state index in [2.05, 4.69) is 6.92 Å². The van der Waals surface area contributed by atoms with Gasteiger partial charge in [0, 0.05) is 0 Å². The first-order valence-corrected chi connectivity index (χ1v) is 8.20. The molecule has 2 fully saturated rings. The number of phenolic OH excluding ortho intramolecular Hbond substituents is 1. The van der Waals surface area contributed by atoms with Crippen molar-refractivity contribution < 1.29 is 14.6 Å². The summed E-state index contributed by atoms with van der Waals surface area (Å²) in [5, 5.41) is 19.9. The zero-order chi connectivity index (χ0) is 14.8. The molecule has 3 aliphatic rings. The Morgan fingerprint density at radius 1 is 1.19 bits per heavy atom. The van der Waals surface area contributed by atoms with E-state index < -0.39 is 5.82 Å². The van der Waals surface area contributed by atoms with Crippen molar-refractivity contribution in [3.8, 4) is 5.75 Å². The van der Waals surface area contributed by atoms with Crippen molar-refractivity contribution in [3.05, 3.63) is 29.1 Å². The van der Waals surface area contributed by atoms with E-state index in [0.717, 1.165) is 49.7 Å². The predicted molar refractivity (Wildman–Crippen MR) is 78.7 cm³/mol. The lowest BCUT2D eigenvalue weighted by Gasteiger charge is -2.50. The van der Waals surface area contributed by atoms with Gasteiger partial charge in [0.05, 0.1) is 6.10 Å². The summed E-state index contributed by atoms with van der Waals surface area (Å²) in [6.07, 6.45) is 5.95. The normalized spacial score (nSPS) is 41.3. The first kappa shape index (κ1) is 13.6. The van der Waals surface area contributed by atoms with Gasteiger partial charge in [-0.25, -0.2) is 4.39 Å². The van der Waals surface area contributed by atoms with Gasteiger partial charge in [-0.15, -0.1) is 0 Å². The second-order valence-corrected chi connectivity index (χ2v) is 7.56. The molecule has 2 saturated carbocycles. The summed E-state index contributed by atoms with van der Waals surface area (Å²) in [6, 6.07) is 3.19. The lowest BCUT2D eigenvalue weighted by molar-refractivity contribution is -0.0226. The topological polar surface area (TPSA) is 40.5 Å². The van der Waals surface area contributed by atoms with Crippen LogP contribution < -0.4 is 0 Å². The summed E-state index contributed by atoms with van der Waals surface area (Å²) in [5.74, 6) is 0.833. The van der Waals surface area contributed by atoms with E-state index >= 15 is 0 Å². The zero-order valence-corrected chi connectivity index (χ0v) is 12.5. The maximum absolute atomic E-state index is 13.8. The molecule has 0 aliphatic heterocycles. The quantitative estimate of drug-likeness (QED) is 0.763. The van der Waals surface area contributed by atoms with Crippen LogP contribution in [0.3, 0.4) is 0 Å². The van der Waals surface area contributed by atoms with Gasteiger partial charge in [0.15, 0.2) is 11.6 Å². The maximum atomic E-state index is 13.8. The first-order chi connectivity index (χ1) is 10.0. The Kier molecular flexibility index (Phi) is 2.88. The minimum Gasteiger partial charge on any atom is -0.505 e. The number of benzene rings is 1. The fourth-order valence-electron chi connectivity index (χ4n) is 5.55. The monoisotopic (exact) mass is 289 g/mol. The van der Waals surface area contributed by atoms with E-state index in [9.17, 15) is 14.6 Å². The second kappa shape index (κ2) is 4.45. The van der Waals surface area contributed by atoms with Crippen LogP contribution in [0.1, 0.15) is 56.1 Å². The SMILES string of the molecule is C[C@]12CC[C@@H]3c4cc([18F])c(O)cc4CC[C@H]3[C@@H]1CC[C@@H]2O. The summed E-state index contributed by atoms with van der Waals surface area (Å²) in [6.45, 7) is 2.25. The summed E-state index contributed by atoms with van der Waals surface area (Å²) in [7, 11) is 0. The number of fused-ring (bicyclic) bond motifs is 5. The molecule has 0 aromatic heterocycles. The van der Waals surface area contributed by atoms with Crippen LogP contribution in [0.15, 0.2) is 12.1 Å². The molecule has 0 bridgehead atoms. The molecule has 4 rings (SSSR count). The van der Waals surface area contributed by atoms with E-state index in [1.807, 2.05) is 0 Å². The van der Waals surface area contributed by atoms with Crippen molar-refractivity contribution in [2.45, 2.75) is 57.5 Å². The number of phenols is 1. The average molecular weight is 289 g/mol. The van der Waals surface area contributed by atoms with Gasteiger partial charge in [-0.3, -0.25) is 0 Å². The van der Waals surface area contributed by atoms with Crippen molar-refractivity contribution in [2.75, 3.05) is 0 Å². The van der Waals surface area contributed by atoms with E-state index in [-0.39, 0.29) is 17.3 Å². The molecule has 0 unspecified atom stereocenters. The Morgan fingerprint density at radius 3 is 2.81 bits per heavy atom. The Hall–Kier alpha value is -1.09. The van der Waals surface area contributed by atoms with Gasteiger partial charge in [-0.1, -0.05) is 6.92 Å². The van der Waals surface area contributed by atoms with Gasteiger partial charge in [0.2, 0.25) is 0 Å². The average Bonchev–Trinajstić information content (AvgIpc) is 2.76. The first-order valence-electron chi connectivity index (χ1n) is 8.20. The Morgan fingerprint density at radius 2 is 2.00 bits per heavy atom. The van der Waals surface area contributed by atoms with Crippen molar-refractivity contribution in [2.24, 2.45) is 17.3 Å². The Labute approximate surface area is 125 Å². The van der Waals surface area contributed by atoms with Crippen molar-refractivity contribution in [3.63, 3.8) is 0 Å². The highest BCUT2D eigenvalue weighted by molar-refractivity contribution is 5.41. The van der Waals surface area contributed by atoms with Crippen LogP contribution in [0.25, 0.3) is 0 Å². The Balaban J connectivity index is 1.73. The van der Waals surface area contributed by atoms with Crippen LogP contribution in [0.2, 0.25) is 0 Å². The van der Waals surface area contributed by atoms with Gasteiger partial charge in [0.25, 0.3) is 0 Å². The van der Waals surface area contributed by atoms with Crippen LogP contribution in [0.5, 0.6) is 5.75 Å². The van der Waals surface area contributed by atoms with Gasteiger partial charge in [-0.05, 0) is 85.0 Å². The molecule has 0 spiro atoms. The van der Waals surface area contributed by atoms with Crippen LogP contribution in [-0.2, 0) is 6.42 Å². The minimum atomic E-state index is -0.491. The molecule has 1 aromatic rings. The maximum Gasteiger partial charge on any atom is 0.165 e. The Bertz CT molecular complexity index is 585. The third-order valence-electron chi connectivity index (χ3n) is 6.74. The lowest BCUT2D eigenvalue weighted by atomic mass is 9.55. The lowest BCUT2D eigenvalue weighted by Crippen LogP contribution is -2.43. The molecule has 3 aliphatic carbocycles. The molecule has 21 heavy (non-hydrogen) atoms. The molecule has 2 nitrogen and oxygen atoms in total. The van der Waals surface area contributed by atoms with Crippen molar-refractivity contribution in [1.82, 2.24) is 0 Å². The molecule has 1 aromatic carbocycles. The molecular formula is C18H23FO2. The summed E-state index contributed by atoms with van der Waals surface area (Å²) in [4.78, 5) is 0. The summed E-state index contributed by atoms with van der Waals surface area (Å²) >= 11 is 0. The van der Waals surface area contributed by atoms with Crippen molar-refractivity contribution >= 4 is 0 Å². The molecular weight excluding hydrogens is 266 g/mol. The van der Waals surface area contributed by atoms with Gasteiger partial charge >= 0.3 is 0 Å². The van der Waals surface area contributed by atoms with E-state index in [0.29, 0.717) is 17.8 Å². The molecule has 0 heterocycles. The van der Waals surface area contributed by atoms with Crippen LogP contribution in [0.4, 0.5) is 4.39 Å². The van der Waals surface area contributed by atoms with E-state index in [4.69, 9.17) is 0 Å². The smallest absolute Gasteiger partial charge is 0.165 e. The third kappa shape index (κ3) is 1.79. The number of aliphatic hydroxyl groups excluding tert-OH is 1. The second-order valence-electron chi connectivity index (χ2n) is 7.56. The van der Waals surface area contributed by atoms with Crippen LogP contribution >= 0.6 is 0 Å². The number of hydrogen-bond donors (Lipinski definition) is 2. The molecule has 3 heteroatoms. The number of rotatable bonds is 0. The van der Waals surface area contributed by atoms with Crippen molar-refractivity contribution in [1.29, 1.82) is 0 Å². The predicted octanol–water partition coefficient (Wildman–Crippen LogP) is 3.75. The zero-order valence-electron chi connectivity index (χ0n) is 12.5. The van der Waals surface area contributed by atoms with Gasteiger partial charge in [0.1, 0.15) is 0 Å². The highest BCUT2D eigenvalue weighted by atomic mass is 18.2. The molecule has 114 valence electrons. The standard InChI is InChI=1S/C18H23FO2/c1-18-7-6-11-12(14(18)4-5-17(18)21)3-2-10-8-16(20)15(19)9-13(10)11/h8-9,11-12,14,17,20-21H,2-7H2,1H3/t11-,12+,14-,17-,18-/m0/s1/i19-1. The summed E-state index contributed by atoms with van der Waals surface area (Å²) < 4.78 is 13.8. The fraction of sp³-hybridized carbons (Fsp3) is 0.667. The van der Waals surface area contributed by atoms with Gasteiger partial charge in [-0.2, -0.15) is 0 Å². The molecule has 0 radical (unpaired) electrons. The van der Waals surface area contributed by atoms with Gasteiger partial charge < -0.3 is 10.2 Å². The molecule has 2 N–H and O–H groups in total. The number of hydrogen-bond acceptors (Lipinski definition) is 2. The number of aliphatic hydroxyl groups is 1. The molecule has 0 saturated heterocycles. The molecule has 5 atom stereocenters. The largest absolute Gasteiger partial charge is 0.505 e. The molecule has 0 amide bonds. The highest BCUT2D eigenvalue weighted by Gasteiger charge is 2.54. The van der Waals surface area contributed by atoms with E-state index in [1.165, 1.54) is 0 Å². The van der Waals surface area contributed by atoms with E-state index in [1.54, 1.807) is 12.1 Å². The highest BCUT2D eigenvalue weighted by Crippen LogP contribution is 2.60. The van der Waals surface area contributed by atoms with Crippen LogP contribution in [0, 0.1) is 23.1 Å². The third-order valence-corrected chi connectivity index (χ3v) is 6.74.